The zero-order valence-corrected chi connectivity index (χ0v) is 26.4. The van der Waals surface area contributed by atoms with Crippen molar-refractivity contribution in [3.63, 3.8) is 0 Å². The van der Waals surface area contributed by atoms with Crippen molar-refractivity contribution in [3.8, 4) is 0 Å². The second-order valence-corrected chi connectivity index (χ2v) is 13.1. The Balaban J connectivity index is 1.08. The summed E-state index contributed by atoms with van der Waals surface area (Å²) in [5, 5.41) is 0. The Labute approximate surface area is 270 Å². The maximum atomic E-state index is 6.71. The van der Waals surface area contributed by atoms with Gasteiger partial charge in [0.2, 0.25) is 0 Å². The normalized spacial score (nSPS) is 22.3. The van der Waals surface area contributed by atoms with E-state index in [2.05, 4.69) is 106 Å². The lowest BCUT2D eigenvalue weighted by atomic mass is 9.98. The van der Waals surface area contributed by atoms with Crippen LogP contribution in [0.2, 0.25) is 0 Å². The van der Waals surface area contributed by atoms with E-state index in [1.807, 2.05) is 23.7 Å². The van der Waals surface area contributed by atoms with Crippen molar-refractivity contribution in [2.45, 2.75) is 44.6 Å². The molecule has 232 valence electrons. The number of hydrogen-bond acceptors (Lipinski definition) is 7. The molecule has 1 aromatic heterocycles. The summed E-state index contributed by atoms with van der Waals surface area (Å²) in [6, 6.07) is 37.8. The Bertz CT molecular complexity index is 1560. The van der Waals surface area contributed by atoms with E-state index in [1.54, 1.807) is 11.3 Å². The standard InChI is InChI=1S/C38H41N3O3S/c1-4-11-29(12-5-1)25-42-34-23-40(21-32-19-20-41(22-32)33-17-10-18-36-37(33)39-28-45-36)24-35(43-26-30-13-6-2-7-14-30)38(34)44-27-31-15-8-3-9-16-31/h1-18,28,32,34-35,38H,19-27H2/t32-,34-,35+,38?/m0/s1. The first-order chi connectivity index (χ1) is 22.3. The number of rotatable bonds is 12. The Morgan fingerprint density at radius 2 is 1.22 bits per heavy atom. The van der Waals surface area contributed by atoms with Crippen LogP contribution in [0, 0.1) is 5.92 Å². The minimum atomic E-state index is -0.184. The molecule has 2 saturated heterocycles. The van der Waals surface area contributed by atoms with Crippen LogP contribution in [-0.2, 0) is 34.0 Å². The highest BCUT2D eigenvalue weighted by Crippen LogP contribution is 2.33. The molecule has 0 amide bonds. The lowest BCUT2D eigenvalue weighted by Crippen LogP contribution is -2.58. The van der Waals surface area contributed by atoms with Crippen LogP contribution in [-0.4, -0.2) is 60.9 Å². The van der Waals surface area contributed by atoms with E-state index in [0.717, 1.165) is 50.2 Å². The topological polar surface area (TPSA) is 47.1 Å². The van der Waals surface area contributed by atoms with E-state index < -0.39 is 0 Å². The number of fused-ring (bicyclic) bond motifs is 1. The van der Waals surface area contributed by atoms with Crippen LogP contribution in [0.25, 0.3) is 10.2 Å². The SMILES string of the molecule is c1ccc(COC2[C@@H](OCc3ccccc3)CN(C[C@@H]3CCN(c4cccc5scnc45)C3)C[C@H]2OCc2ccccc2)cc1. The molecule has 7 heteroatoms. The number of nitrogens with zero attached hydrogens (tertiary/aromatic N) is 3. The molecule has 0 saturated carbocycles. The van der Waals surface area contributed by atoms with Crippen molar-refractivity contribution in [2.24, 2.45) is 5.92 Å². The summed E-state index contributed by atoms with van der Waals surface area (Å²) in [5.41, 5.74) is 7.84. The van der Waals surface area contributed by atoms with Gasteiger partial charge in [-0.05, 0) is 41.2 Å². The number of likely N-dealkylation sites (tertiary alicyclic amines) is 1. The van der Waals surface area contributed by atoms with Crippen molar-refractivity contribution < 1.29 is 14.2 Å². The summed E-state index contributed by atoms with van der Waals surface area (Å²) < 4.78 is 21.4. The van der Waals surface area contributed by atoms with Gasteiger partial charge >= 0.3 is 0 Å². The fraction of sp³-hybridized carbons (Fsp3) is 0.342. The first-order valence-electron chi connectivity index (χ1n) is 16.0. The van der Waals surface area contributed by atoms with Crippen molar-refractivity contribution in [3.05, 3.63) is 131 Å². The van der Waals surface area contributed by atoms with Crippen LogP contribution < -0.4 is 4.90 Å². The maximum Gasteiger partial charge on any atom is 0.113 e. The highest BCUT2D eigenvalue weighted by molar-refractivity contribution is 7.16. The number of para-hydroxylation sites is 1. The summed E-state index contributed by atoms with van der Waals surface area (Å²) in [5.74, 6) is 0.560. The van der Waals surface area contributed by atoms with E-state index in [1.165, 1.54) is 21.5 Å². The fourth-order valence-corrected chi connectivity index (χ4v) is 7.40. The van der Waals surface area contributed by atoms with E-state index in [-0.39, 0.29) is 18.3 Å². The van der Waals surface area contributed by atoms with Crippen molar-refractivity contribution in [2.75, 3.05) is 37.6 Å². The van der Waals surface area contributed by atoms with E-state index in [4.69, 9.17) is 14.2 Å². The molecular formula is C38H41N3O3S. The van der Waals surface area contributed by atoms with Crippen molar-refractivity contribution in [1.29, 1.82) is 0 Å². The lowest BCUT2D eigenvalue weighted by molar-refractivity contribution is -0.185. The van der Waals surface area contributed by atoms with Crippen molar-refractivity contribution >= 4 is 27.2 Å². The van der Waals surface area contributed by atoms with Crippen LogP contribution >= 0.6 is 11.3 Å². The number of piperidine rings is 1. The maximum absolute atomic E-state index is 6.71. The molecule has 6 nitrogen and oxygen atoms in total. The van der Waals surface area contributed by atoms with Crippen LogP contribution in [0.4, 0.5) is 5.69 Å². The molecule has 4 atom stereocenters. The predicted molar refractivity (Wildman–Crippen MR) is 181 cm³/mol. The molecule has 5 aromatic rings. The Kier molecular flexibility index (Phi) is 9.81. The number of anilines is 1. The Morgan fingerprint density at radius 3 is 1.82 bits per heavy atom. The monoisotopic (exact) mass is 619 g/mol. The number of thiazole rings is 1. The molecule has 0 bridgehead atoms. The molecule has 7 rings (SSSR count). The third-order valence-electron chi connectivity index (χ3n) is 8.99. The van der Waals surface area contributed by atoms with E-state index in [9.17, 15) is 0 Å². The number of hydrogen-bond donors (Lipinski definition) is 0. The molecular weight excluding hydrogens is 579 g/mol. The Hall–Kier alpha value is -3.59. The second-order valence-electron chi connectivity index (χ2n) is 12.2. The summed E-state index contributed by atoms with van der Waals surface area (Å²) >= 11 is 1.71. The molecule has 2 fully saturated rings. The number of benzene rings is 4. The van der Waals surface area contributed by atoms with Gasteiger partial charge in [-0.15, -0.1) is 11.3 Å². The molecule has 2 aliphatic heterocycles. The van der Waals surface area contributed by atoms with Gasteiger partial charge in [0.25, 0.3) is 0 Å². The highest BCUT2D eigenvalue weighted by Gasteiger charge is 2.40. The van der Waals surface area contributed by atoms with Gasteiger partial charge in [0, 0.05) is 32.7 Å². The van der Waals surface area contributed by atoms with E-state index in [0.29, 0.717) is 25.7 Å². The highest BCUT2D eigenvalue weighted by atomic mass is 32.1. The smallest absolute Gasteiger partial charge is 0.113 e. The molecule has 0 aliphatic carbocycles. The molecule has 4 aromatic carbocycles. The van der Waals surface area contributed by atoms with Crippen molar-refractivity contribution in [1.82, 2.24) is 9.88 Å². The molecule has 3 heterocycles. The first-order valence-corrected chi connectivity index (χ1v) is 16.9. The van der Waals surface area contributed by atoms with Gasteiger partial charge in [0.1, 0.15) is 11.6 Å². The van der Waals surface area contributed by atoms with Crippen LogP contribution in [0.3, 0.4) is 0 Å². The van der Waals surface area contributed by atoms with Crippen LogP contribution in [0.5, 0.6) is 0 Å². The zero-order chi connectivity index (χ0) is 30.3. The van der Waals surface area contributed by atoms with Gasteiger partial charge < -0.3 is 19.1 Å². The van der Waals surface area contributed by atoms with Gasteiger partial charge in [0.05, 0.1) is 47.9 Å². The number of ether oxygens (including phenoxy) is 3. The van der Waals surface area contributed by atoms with Gasteiger partial charge in [-0.2, -0.15) is 0 Å². The minimum Gasteiger partial charge on any atom is -0.369 e. The summed E-state index contributed by atoms with van der Waals surface area (Å²) in [7, 11) is 0. The molecule has 0 N–H and O–H groups in total. The van der Waals surface area contributed by atoms with Crippen LogP contribution in [0.1, 0.15) is 23.1 Å². The predicted octanol–water partition coefficient (Wildman–Crippen LogP) is 7.19. The average molecular weight is 620 g/mol. The van der Waals surface area contributed by atoms with Gasteiger partial charge in [-0.1, -0.05) is 97.1 Å². The first kappa shape index (κ1) is 30.1. The van der Waals surface area contributed by atoms with Gasteiger partial charge in [-0.3, -0.25) is 4.90 Å². The van der Waals surface area contributed by atoms with Gasteiger partial charge in [-0.25, -0.2) is 4.98 Å². The molecule has 0 spiro atoms. The second kappa shape index (κ2) is 14.7. The molecule has 0 radical (unpaired) electrons. The largest absolute Gasteiger partial charge is 0.369 e. The Morgan fingerprint density at radius 1 is 0.644 bits per heavy atom. The summed E-state index contributed by atoms with van der Waals surface area (Å²) in [6.45, 7) is 6.35. The summed E-state index contributed by atoms with van der Waals surface area (Å²) in [6.07, 6.45) is 0.737. The minimum absolute atomic E-state index is 0.121. The van der Waals surface area contributed by atoms with Crippen LogP contribution in [0.15, 0.2) is 115 Å². The summed E-state index contributed by atoms with van der Waals surface area (Å²) in [4.78, 5) is 9.77. The third kappa shape index (κ3) is 7.63. The fourth-order valence-electron chi connectivity index (χ4n) is 6.70. The molecule has 45 heavy (non-hydrogen) atoms. The average Bonchev–Trinajstić information content (AvgIpc) is 3.77. The molecule has 2 aliphatic rings. The lowest BCUT2D eigenvalue weighted by Gasteiger charge is -2.44. The van der Waals surface area contributed by atoms with E-state index >= 15 is 0 Å². The quantitative estimate of drug-likeness (QED) is 0.147. The third-order valence-corrected chi connectivity index (χ3v) is 9.78. The zero-order valence-electron chi connectivity index (χ0n) is 25.6. The molecule has 1 unspecified atom stereocenters. The number of aromatic nitrogens is 1. The van der Waals surface area contributed by atoms with Gasteiger partial charge in [0.15, 0.2) is 0 Å².